The van der Waals surface area contributed by atoms with Gasteiger partial charge in [0.2, 0.25) is 0 Å². The van der Waals surface area contributed by atoms with Crippen LogP contribution in [0.25, 0.3) is 5.76 Å². The number of Topliss-reactive ketones (excluding diaryl/α,β-unsaturated/α-hetero) is 1. The molecule has 3 heterocycles. The molecule has 30 heavy (non-hydrogen) atoms. The minimum atomic E-state index is -0.762. The standard InChI is InChI=1S/C21H20N2O6S/c1-12-8-10-30-20(12)17-16(18(24)13-4-6-14(7-5-13)23(27)28)19(25)21(26)22(17)11-15-3-2-9-29-15/h4-8,10,15,17,24H,2-3,9,11H2,1H3/b18-16-. The van der Waals surface area contributed by atoms with Crippen molar-refractivity contribution in [2.24, 2.45) is 0 Å². The fourth-order valence-electron chi connectivity index (χ4n) is 3.91. The molecule has 2 unspecified atom stereocenters. The first kappa shape index (κ1) is 20.2. The molecule has 8 nitrogen and oxygen atoms in total. The van der Waals surface area contributed by atoms with Crippen LogP contribution in [-0.4, -0.2) is 45.9 Å². The number of thiophene rings is 1. The first-order chi connectivity index (χ1) is 14.4. The van der Waals surface area contributed by atoms with Crippen LogP contribution in [0.5, 0.6) is 0 Å². The fourth-order valence-corrected chi connectivity index (χ4v) is 4.96. The Hall–Kier alpha value is -3.04. The predicted octanol–water partition coefficient (Wildman–Crippen LogP) is 3.57. The van der Waals surface area contributed by atoms with Gasteiger partial charge in [0.05, 0.1) is 22.6 Å². The number of ketones is 1. The van der Waals surface area contributed by atoms with Crippen LogP contribution in [0.2, 0.25) is 0 Å². The average Bonchev–Trinajstić information content (AvgIpc) is 3.45. The molecule has 2 aliphatic rings. The van der Waals surface area contributed by atoms with E-state index in [0.717, 1.165) is 23.3 Å². The lowest BCUT2D eigenvalue weighted by atomic mass is 9.98. The number of hydrogen-bond acceptors (Lipinski definition) is 7. The van der Waals surface area contributed by atoms with Gasteiger partial charge in [-0.05, 0) is 48.9 Å². The highest BCUT2D eigenvalue weighted by atomic mass is 32.1. The average molecular weight is 428 g/mol. The van der Waals surface area contributed by atoms with Gasteiger partial charge >= 0.3 is 0 Å². The van der Waals surface area contributed by atoms with Crippen LogP contribution in [0.1, 0.15) is 34.9 Å². The van der Waals surface area contributed by atoms with Crippen molar-refractivity contribution in [3.8, 4) is 0 Å². The molecule has 0 saturated carbocycles. The Morgan fingerprint density at radius 1 is 1.30 bits per heavy atom. The topological polar surface area (TPSA) is 110 Å². The van der Waals surface area contributed by atoms with Gasteiger partial charge in [-0.15, -0.1) is 11.3 Å². The van der Waals surface area contributed by atoms with Gasteiger partial charge in [0.1, 0.15) is 5.76 Å². The summed E-state index contributed by atoms with van der Waals surface area (Å²) in [5.41, 5.74) is 1.03. The summed E-state index contributed by atoms with van der Waals surface area (Å²) in [5.74, 6) is -1.77. The van der Waals surface area contributed by atoms with Crippen LogP contribution in [0, 0.1) is 17.0 Å². The van der Waals surface area contributed by atoms with Crippen molar-refractivity contribution in [3.63, 3.8) is 0 Å². The number of hydrogen-bond donors (Lipinski definition) is 1. The number of aliphatic hydroxyl groups excluding tert-OH is 1. The number of nitrogens with zero attached hydrogens (tertiary/aromatic N) is 2. The number of ether oxygens (including phenoxy) is 1. The van der Waals surface area contributed by atoms with Crippen molar-refractivity contribution in [3.05, 3.63) is 67.4 Å². The van der Waals surface area contributed by atoms with Gasteiger partial charge in [0, 0.05) is 35.7 Å². The number of benzene rings is 1. The van der Waals surface area contributed by atoms with Crippen molar-refractivity contribution in [2.45, 2.75) is 31.9 Å². The molecule has 1 amide bonds. The number of non-ortho nitro benzene ring substituents is 1. The van der Waals surface area contributed by atoms with Crippen molar-refractivity contribution in [1.29, 1.82) is 0 Å². The summed E-state index contributed by atoms with van der Waals surface area (Å²) < 4.78 is 5.67. The highest BCUT2D eigenvalue weighted by Crippen LogP contribution is 2.43. The summed E-state index contributed by atoms with van der Waals surface area (Å²) in [6.45, 7) is 2.79. The number of aryl methyl sites for hydroxylation is 1. The van der Waals surface area contributed by atoms with Gasteiger partial charge in [-0.1, -0.05) is 0 Å². The number of likely N-dealkylation sites (tertiary alicyclic amines) is 1. The van der Waals surface area contributed by atoms with E-state index in [0.29, 0.717) is 6.61 Å². The molecule has 0 aliphatic carbocycles. The third-order valence-electron chi connectivity index (χ3n) is 5.47. The Morgan fingerprint density at radius 2 is 2.03 bits per heavy atom. The van der Waals surface area contributed by atoms with Crippen molar-refractivity contribution >= 4 is 34.5 Å². The highest BCUT2D eigenvalue weighted by molar-refractivity contribution is 7.10. The molecule has 2 atom stereocenters. The monoisotopic (exact) mass is 428 g/mol. The zero-order chi connectivity index (χ0) is 21.4. The molecule has 156 valence electrons. The lowest BCUT2D eigenvalue weighted by Crippen LogP contribution is -2.36. The van der Waals surface area contributed by atoms with E-state index < -0.39 is 22.7 Å². The van der Waals surface area contributed by atoms with E-state index in [9.17, 15) is 24.8 Å². The second kappa shape index (κ2) is 8.00. The lowest BCUT2D eigenvalue weighted by Gasteiger charge is -2.27. The maximum absolute atomic E-state index is 12.9. The van der Waals surface area contributed by atoms with Gasteiger partial charge in [-0.2, -0.15) is 0 Å². The van der Waals surface area contributed by atoms with Gasteiger partial charge < -0.3 is 14.7 Å². The molecule has 2 aromatic rings. The summed E-state index contributed by atoms with van der Waals surface area (Å²) in [5, 5.41) is 23.7. The number of nitro groups is 1. The molecule has 0 bridgehead atoms. The van der Waals surface area contributed by atoms with Gasteiger partial charge in [-0.3, -0.25) is 19.7 Å². The van der Waals surface area contributed by atoms with Crippen LogP contribution in [0.15, 0.2) is 41.3 Å². The molecular formula is C21H20N2O6S. The zero-order valence-corrected chi connectivity index (χ0v) is 17.1. The van der Waals surface area contributed by atoms with E-state index in [1.165, 1.54) is 40.5 Å². The molecule has 4 rings (SSSR count). The third-order valence-corrected chi connectivity index (χ3v) is 6.54. The van der Waals surface area contributed by atoms with Gasteiger partial charge in [-0.25, -0.2) is 0 Å². The van der Waals surface area contributed by atoms with E-state index in [-0.39, 0.29) is 35.2 Å². The number of nitro benzene ring substituents is 1. The number of rotatable bonds is 5. The molecule has 2 aliphatic heterocycles. The largest absolute Gasteiger partial charge is 0.507 e. The van der Waals surface area contributed by atoms with Crippen molar-refractivity contribution in [2.75, 3.05) is 13.2 Å². The van der Waals surface area contributed by atoms with Crippen LogP contribution < -0.4 is 0 Å². The minimum absolute atomic E-state index is 0.00241. The molecule has 1 aromatic heterocycles. The molecular weight excluding hydrogens is 408 g/mol. The lowest BCUT2D eigenvalue weighted by molar-refractivity contribution is -0.384. The summed E-state index contributed by atoms with van der Waals surface area (Å²) in [6.07, 6.45) is 1.56. The Kier molecular flexibility index (Phi) is 5.40. The molecule has 2 fully saturated rings. The molecule has 2 saturated heterocycles. The second-order valence-electron chi connectivity index (χ2n) is 7.36. The van der Waals surface area contributed by atoms with Crippen LogP contribution in [-0.2, 0) is 14.3 Å². The quantitative estimate of drug-likeness (QED) is 0.256. The molecule has 0 radical (unpaired) electrons. The highest BCUT2D eigenvalue weighted by Gasteiger charge is 2.47. The summed E-state index contributed by atoms with van der Waals surface area (Å²) in [6, 6.07) is 6.44. The summed E-state index contributed by atoms with van der Waals surface area (Å²) in [4.78, 5) is 38.5. The smallest absolute Gasteiger partial charge is 0.295 e. The summed E-state index contributed by atoms with van der Waals surface area (Å²) >= 11 is 1.41. The maximum Gasteiger partial charge on any atom is 0.295 e. The zero-order valence-electron chi connectivity index (χ0n) is 16.2. The number of aliphatic hydroxyl groups is 1. The minimum Gasteiger partial charge on any atom is -0.507 e. The van der Waals surface area contributed by atoms with Crippen LogP contribution >= 0.6 is 11.3 Å². The van der Waals surface area contributed by atoms with Crippen LogP contribution in [0.4, 0.5) is 5.69 Å². The number of amides is 1. The van der Waals surface area contributed by atoms with E-state index in [2.05, 4.69) is 0 Å². The van der Waals surface area contributed by atoms with Gasteiger partial charge in [0.25, 0.3) is 17.4 Å². The SMILES string of the molecule is Cc1ccsc1C1/C(=C(/O)c2ccc([N+](=O)[O-])cc2)C(=O)C(=O)N1CC1CCCO1. The van der Waals surface area contributed by atoms with Crippen molar-refractivity contribution < 1.29 is 24.4 Å². The maximum atomic E-state index is 12.9. The van der Waals surface area contributed by atoms with E-state index in [1.807, 2.05) is 18.4 Å². The molecule has 1 aromatic carbocycles. The van der Waals surface area contributed by atoms with E-state index in [4.69, 9.17) is 4.74 Å². The first-order valence-corrected chi connectivity index (χ1v) is 10.4. The number of carbonyl (C=O) groups excluding carboxylic acids is 2. The molecule has 0 spiro atoms. The Balaban J connectivity index is 1.80. The Labute approximate surface area is 176 Å². The van der Waals surface area contributed by atoms with Gasteiger partial charge in [0.15, 0.2) is 0 Å². The normalized spacial score (nSPS) is 23.3. The summed E-state index contributed by atoms with van der Waals surface area (Å²) in [7, 11) is 0. The molecule has 9 heteroatoms. The van der Waals surface area contributed by atoms with Crippen LogP contribution in [0.3, 0.4) is 0 Å². The molecule has 1 N–H and O–H groups in total. The number of carbonyl (C=O) groups is 2. The Morgan fingerprint density at radius 3 is 2.60 bits per heavy atom. The first-order valence-electron chi connectivity index (χ1n) is 9.57. The third kappa shape index (κ3) is 3.50. The van der Waals surface area contributed by atoms with Crippen molar-refractivity contribution in [1.82, 2.24) is 4.90 Å². The predicted molar refractivity (Wildman–Crippen MR) is 110 cm³/mol. The van der Waals surface area contributed by atoms with E-state index >= 15 is 0 Å². The fraction of sp³-hybridized carbons (Fsp3) is 0.333. The second-order valence-corrected chi connectivity index (χ2v) is 8.31. The Bertz CT molecular complexity index is 1040. The van der Waals surface area contributed by atoms with E-state index in [1.54, 1.807) is 0 Å².